The van der Waals surface area contributed by atoms with Crippen molar-refractivity contribution in [1.29, 1.82) is 0 Å². The molecule has 0 bridgehead atoms. The lowest BCUT2D eigenvalue weighted by Crippen LogP contribution is -2.23. The molecular formula is C19H16ClFN6O2. The largest absolute Gasteiger partial charge is 0.337 e. The van der Waals surface area contributed by atoms with Gasteiger partial charge in [0, 0.05) is 13.0 Å². The third-order valence-corrected chi connectivity index (χ3v) is 5.70. The zero-order valence-electron chi connectivity index (χ0n) is 15.4. The highest BCUT2D eigenvalue weighted by Crippen LogP contribution is 2.47. The van der Waals surface area contributed by atoms with Crippen molar-refractivity contribution < 1.29 is 8.91 Å². The van der Waals surface area contributed by atoms with Crippen LogP contribution in [0.2, 0.25) is 5.02 Å². The Morgan fingerprint density at radius 1 is 1.24 bits per heavy atom. The third-order valence-electron chi connectivity index (χ3n) is 5.41. The van der Waals surface area contributed by atoms with E-state index in [4.69, 9.17) is 16.1 Å². The number of hydrogen-bond acceptors (Lipinski definition) is 6. The molecule has 0 amide bonds. The van der Waals surface area contributed by atoms with Crippen LogP contribution in [0.3, 0.4) is 0 Å². The lowest BCUT2D eigenvalue weighted by atomic mass is 9.71. The van der Waals surface area contributed by atoms with Gasteiger partial charge in [0.05, 0.1) is 11.3 Å². The summed E-state index contributed by atoms with van der Waals surface area (Å²) in [7, 11) is 1.74. The van der Waals surface area contributed by atoms with Gasteiger partial charge < -0.3 is 9.09 Å². The first-order chi connectivity index (χ1) is 14.0. The molecule has 1 aromatic carbocycles. The van der Waals surface area contributed by atoms with Crippen molar-refractivity contribution in [2.75, 3.05) is 0 Å². The first-order valence-corrected chi connectivity index (χ1v) is 9.51. The molecule has 1 aliphatic rings. The standard InChI is InChI=1S/C19H16ClFN6O2/c1-26-8-22-18-16(26)19(28)27(9-23-18)7-15-24-17(25-29-15)12-4-11(5-12)10-2-3-14(21)13(20)6-10/h2-3,6,8-9,11-12H,4-5,7H2,1H3/t11-,12-. The van der Waals surface area contributed by atoms with Crippen molar-refractivity contribution >= 4 is 22.8 Å². The van der Waals surface area contributed by atoms with E-state index in [1.54, 1.807) is 30.1 Å². The number of aryl methyl sites for hydroxylation is 1. The van der Waals surface area contributed by atoms with Crippen LogP contribution in [0.15, 0.2) is 40.2 Å². The van der Waals surface area contributed by atoms with Crippen LogP contribution in [0.25, 0.3) is 11.2 Å². The number of hydrogen-bond donors (Lipinski definition) is 0. The van der Waals surface area contributed by atoms with E-state index in [9.17, 15) is 9.18 Å². The van der Waals surface area contributed by atoms with Crippen LogP contribution in [-0.4, -0.2) is 29.2 Å². The molecule has 0 saturated heterocycles. The first kappa shape index (κ1) is 18.0. The average Bonchev–Trinajstić information content (AvgIpc) is 3.26. The fourth-order valence-electron chi connectivity index (χ4n) is 3.70. The fourth-order valence-corrected chi connectivity index (χ4v) is 3.88. The van der Waals surface area contributed by atoms with Gasteiger partial charge in [0.25, 0.3) is 5.56 Å². The minimum absolute atomic E-state index is 0.136. The summed E-state index contributed by atoms with van der Waals surface area (Å²) >= 11 is 5.87. The summed E-state index contributed by atoms with van der Waals surface area (Å²) in [5, 5.41) is 4.20. The van der Waals surface area contributed by atoms with Crippen molar-refractivity contribution in [3.8, 4) is 0 Å². The number of rotatable bonds is 4. The molecule has 0 unspecified atom stereocenters. The predicted octanol–water partition coefficient (Wildman–Crippen LogP) is 3.02. The van der Waals surface area contributed by atoms with Crippen LogP contribution < -0.4 is 5.56 Å². The van der Waals surface area contributed by atoms with Gasteiger partial charge in [0.2, 0.25) is 5.89 Å². The second kappa shape index (κ2) is 6.77. The van der Waals surface area contributed by atoms with Gasteiger partial charge in [-0.3, -0.25) is 9.36 Å². The van der Waals surface area contributed by atoms with Gasteiger partial charge in [-0.2, -0.15) is 4.98 Å². The Bertz CT molecular complexity index is 1270. The van der Waals surface area contributed by atoms with Gasteiger partial charge in [-0.15, -0.1) is 0 Å². The van der Waals surface area contributed by atoms with E-state index >= 15 is 0 Å². The molecule has 148 valence electrons. The van der Waals surface area contributed by atoms with Crippen molar-refractivity contribution in [2.45, 2.75) is 31.2 Å². The average molecular weight is 415 g/mol. The minimum atomic E-state index is -0.414. The molecule has 0 spiro atoms. The highest BCUT2D eigenvalue weighted by molar-refractivity contribution is 6.30. The molecule has 1 aliphatic carbocycles. The summed E-state index contributed by atoms with van der Waals surface area (Å²) in [5.41, 5.74) is 1.62. The minimum Gasteiger partial charge on any atom is -0.337 e. The van der Waals surface area contributed by atoms with Crippen molar-refractivity contribution in [3.05, 3.63) is 69.3 Å². The highest BCUT2D eigenvalue weighted by Gasteiger charge is 2.35. The van der Waals surface area contributed by atoms with Gasteiger partial charge in [-0.05, 0) is 36.5 Å². The maximum absolute atomic E-state index is 13.3. The van der Waals surface area contributed by atoms with E-state index in [2.05, 4.69) is 20.1 Å². The normalized spacial score (nSPS) is 18.9. The maximum Gasteiger partial charge on any atom is 0.280 e. The number of halogens is 2. The SMILES string of the molecule is Cn1cnc2ncn(Cc3nc([C@H]4C[C@H](c5ccc(F)c(Cl)c5)C4)no3)c(=O)c21. The Balaban J connectivity index is 1.30. The molecule has 3 heterocycles. The number of fused-ring (bicyclic) bond motifs is 1. The molecule has 4 aromatic rings. The molecule has 0 aliphatic heterocycles. The van der Waals surface area contributed by atoms with E-state index in [1.165, 1.54) is 17.0 Å². The number of aromatic nitrogens is 6. The van der Waals surface area contributed by atoms with E-state index in [1.807, 2.05) is 0 Å². The monoisotopic (exact) mass is 414 g/mol. The smallest absolute Gasteiger partial charge is 0.280 e. The molecule has 29 heavy (non-hydrogen) atoms. The predicted molar refractivity (Wildman–Crippen MR) is 102 cm³/mol. The lowest BCUT2D eigenvalue weighted by molar-refractivity contribution is 0.315. The lowest BCUT2D eigenvalue weighted by Gasteiger charge is -2.33. The summed E-state index contributed by atoms with van der Waals surface area (Å²) in [6, 6.07) is 4.83. The molecular weight excluding hydrogens is 399 g/mol. The van der Waals surface area contributed by atoms with E-state index in [0.717, 1.165) is 18.4 Å². The second-order valence-corrected chi connectivity index (χ2v) is 7.70. The molecule has 8 nitrogen and oxygen atoms in total. The molecule has 1 fully saturated rings. The second-order valence-electron chi connectivity index (χ2n) is 7.29. The van der Waals surface area contributed by atoms with Gasteiger partial charge in [-0.1, -0.05) is 22.8 Å². The zero-order chi connectivity index (χ0) is 20.1. The Morgan fingerprint density at radius 2 is 2.03 bits per heavy atom. The molecule has 10 heteroatoms. The molecule has 0 N–H and O–H groups in total. The van der Waals surface area contributed by atoms with Crippen LogP contribution in [0.5, 0.6) is 0 Å². The van der Waals surface area contributed by atoms with Crippen molar-refractivity contribution in [2.24, 2.45) is 7.05 Å². The number of nitrogens with zero attached hydrogens (tertiary/aromatic N) is 6. The van der Waals surface area contributed by atoms with Crippen LogP contribution in [0.4, 0.5) is 4.39 Å². The Kier molecular flexibility index (Phi) is 4.20. The summed E-state index contributed by atoms with van der Waals surface area (Å²) in [5.74, 6) is 1.00. The van der Waals surface area contributed by atoms with Crippen LogP contribution in [0, 0.1) is 5.82 Å². The van der Waals surface area contributed by atoms with E-state index in [-0.39, 0.29) is 23.0 Å². The maximum atomic E-state index is 13.3. The summed E-state index contributed by atoms with van der Waals surface area (Å²) < 4.78 is 21.7. The van der Waals surface area contributed by atoms with Gasteiger partial charge in [-0.25, -0.2) is 14.4 Å². The van der Waals surface area contributed by atoms with Gasteiger partial charge in [0.1, 0.15) is 18.7 Å². The van der Waals surface area contributed by atoms with Crippen LogP contribution in [-0.2, 0) is 13.6 Å². The summed E-state index contributed by atoms with van der Waals surface area (Å²) in [6.07, 6.45) is 4.65. The van der Waals surface area contributed by atoms with Crippen LogP contribution >= 0.6 is 11.6 Å². The van der Waals surface area contributed by atoms with Gasteiger partial charge >= 0.3 is 0 Å². The topological polar surface area (TPSA) is 91.6 Å². The molecule has 0 atom stereocenters. The highest BCUT2D eigenvalue weighted by atomic mass is 35.5. The molecule has 3 aromatic heterocycles. The third kappa shape index (κ3) is 3.11. The van der Waals surface area contributed by atoms with E-state index in [0.29, 0.717) is 28.8 Å². The Hall–Kier alpha value is -3.07. The number of imidazole rings is 1. The summed E-state index contributed by atoms with van der Waals surface area (Å²) in [4.78, 5) is 25.3. The quantitative estimate of drug-likeness (QED) is 0.509. The zero-order valence-corrected chi connectivity index (χ0v) is 16.2. The van der Waals surface area contributed by atoms with Crippen molar-refractivity contribution in [1.82, 2.24) is 29.2 Å². The molecule has 5 rings (SSSR count). The van der Waals surface area contributed by atoms with Gasteiger partial charge in [0.15, 0.2) is 17.0 Å². The first-order valence-electron chi connectivity index (χ1n) is 9.13. The van der Waals surface area contributed by atoms with E-state index < -0.39 is 5.82 Å². The summed E-state index contributed by atoms with van der Waals surface area (Å²) in [6.45, 7) is 0.143. The molecule has 0 radical (unpaired) electrons. The Labute approximate surface area is 169 Å². The Morgan fingerprint density at radius 3 is 2.83 bits per heavy atom. The molecule has 1 saturated carbocycles. The van der Waals surface area contributed by atoms with Crippen molar-refractivity contribution in [3.63, 3.8) is 0 Å². The fraction of sp³-hybridized carbons (Fsp3) is 0.316. The number of benzene rings is 1. The van der Waals surface area contributed by atoms with Crippen LogP contribution in [0.1, 0.15) is 42.0 Å².